The highest BCUT2D eigenvalue weighted by Crippen LogP contribution is 2.35. The maximum absolute atomic E-state index is 9.85. The molecule has 3 nitrogen and oxygen atoms in total. The van der Waals surface area contributed by atoms with E-state index in [-0.39, 0.29) is 10.8 Å². The molecule has 1 atom stereocenters. The topological polar surface area (TPSA) is 52.5 Å². The van der Waals surface area contributed by atoms with Gasteiger partial charge in [-0.1, -0.05) is 11.6 Å². The number of benzene rings is 1. The number of aryl methyl sites for hydroxylation is 1. The van der Waals surface area contributed by atoms with Gasteiger partial charge in [-0.15, -0.1) is 0 Å². The van der Waals surface area contributed by atoms with Crippen LogP contribution in [0.5, 0.6) is 5.75 Å². The molecular formula is C11H16ClNO2. The molecule has 0 heterocycles. The number of nitrogens with one attached hydrogen (secondary N) is 1. The van der Waals surface area contributed by atoms with Crippen molar-refractivity contribution >= 4 is 11.6 Å². The first-order valence-electron chi connectivity index (χ1n) is 4.80. The van der Waals surface area contributed by atoms with Crippen LogP contribution in [-0.2, 0) is 0 Å². The monoisotopic (exact) mass is 229 g/mol. The number of halogens is 1. The average Bonchev–Trinajstić information content (AvgIpc) is 2.16. The lowest BCUT2D eigenvalue weighted by Gasteiger charge is -2.17. The lowest BCUT2D eigenvalue weighted by molar-refractivity contribution is 0.173. The lowest BCUT2D eigenvalue weighted by Crippen LogP contribution is -2.18. The van der Waals surface area contributed by atoms with Crippen LogP contribution >= 0.6 is 11.6 Å². The van der Waals surface area contributed by atoms with E-state index >= 15 is 0 Å². The van der Waals surface area contributed by atoms with Gasteiger partial charge in [0.1, 0.15) is 5.75 Å². The zero-order chi connectivity index (χ0) is 11.6. The molecule has 0 saturated heterocycles. The zero-order valence-electron chi connectivity index (χ0n) is 9.13. The maximum atomic E-state index is 9.85. The molecule has 3 N–H and O–H groups in total. The van der Waals surface area contributed by atoms with Crippen LogP contribution in [0, 0.1) is 13.8 Å². The number of rotatable bonds is 3. The molecule has 0 aliphatic heterocycles. The molecule has 0 bridgehead atoms. The van der Waals surface area contributed by atoms with Gasteiger partial charge in [-0.25, -0.2) is 0 Å². The third kappa shape index (κ3) is 2.43. The number of aliphatic hydroxyl groups is 1. The van der Waals surface area contributed by atoms with Crippen LogP contribution < -0.4 is 5.32 Å². The van der Waals surface area contributed by atoms with E-state index in [4.69, 9.17) is 11.6 Å². The fourth-order valence-electron chi connectivity index (χ4n) is 1.59. The second-order valence-corrected chi connectivity index (χ2v) is 4.04. The van der Waals surface area contributed by atoms with Crippen LogP contribution in [0.25, 0.3) is 0 Å². The van der Waals surface area contributed by atoms with Gasteiger partial charge in [-0.2, -0.15) is 0 Å². The Morgan fingerprint density at radius 3 is 2.60 bits per heavy atom. The molecule has 84 valence electrons. The highest BCUT2D eigenvalue weighted by atomic mass is 35.5. The predicted octanol–water partition coefficient (Wildman–Crippen LogP) is 1.92. The van der Waals surface area contributed by atoms with E-state index in [1.54, 1.807) is 13.1 Å². The first kappa shape index (κ1) is 12.3. The summed E-state index contributed by atoms with van der Waals surface area (Å²) in [4.78, 5) is 0. The molecule has 0 aliphatic rings. The summed E-state index contributed by atoms with van der Waals surface area (Å²) < 4.78 is 0. The Labute approximate surface area is 94.7 Å². The van der Waals surface area contributed by atoms with Gasteiger partial charge in [0.2, 0.25) is 0 Å². The van der Waals surface area contributed by atoms with E-state index in [1.807, 2.05) is 13.8 Å². The van der Waals surface area contributed by atoms with E-state index in [2.05, 4.69) is 5.32 Å². The Bertz CT molecular complexity index is 340. The molecule has 0 saturated carbocycles. The van der Waals surface area contributed by atoms with E-state index in [9.17, 15) is 10.2 Å². The molecule has 1 unspecified atom stereocenters. The van der Waals surface area contributed by atoms with Crippen LogP contribution in [-0.4, -0.2) is 23.8 Å². The molecule has 1 aromatic carbocycles. The second-order valence-electron chi connectivity index (χ2n) is 3.64. The van der Waals surface area contributed by atoms with E-state index in [0.717, 1.165) is 11.1 Å². The summed E-state index contributed by atoms with van der Waals surface area (Å²) in [6.45, 7) is 4.14. The summed E-state index contributed by atoms with van der Waals surface area (Å²) in [5.41, 5.74) is 2.34. The number of hydrogen-bond donors (Lipinski definition) is 3. The minimum Gasteiger partial charge on any atom is -0.506 e. The molecule has 1 rings (SSSR count). The summed E-state index contributed by atoms with van der Waals surface area (Å²) in [6, 6.07) is 1.70. The Morgan fingerprint density at radius 1 is 1.47 bits per heavy atom. The third-order valence-electron chi connectivity index (χ3n) is 2.55. The number of hydrogen-bond acceptors (Lipinski definition) is 3. The van der Waals surface area contributed by atoms with Gasteiger partial charge in [0.25, 0.3) is 0 Å². The van der Waals surface area contributed by atoms with E-state index in [1.165, 1.54) is 0 Å². The Morgan fingerprint density at radius 2 is 2.07 bits per heavy atom. The Hall–Kier alpha value is -0.770. The van der Waals surface area contributed by atoms with Crippen molar-refractivity contribution in [1.82, 2.24) is 5.32 Å². The average molecular weight is 230 g/mol. The quantitative estimate of drug-likeness (QED) is 0.742. The maximum Gasteiger partial charge on any atom is 0.140 e. The van der Waals surface area contributed by atoms with Crippen molar-refractivity contribution in [3.05, 3.63) is 27.8 Å². The molecular weight excluding hydrogens is 214 g/mol. The number of likely N-dealkylation sites (N-methyl/N-ethyl adjacent to an activating group) is 1. The van der Waals surface area contributed by atoms with Crippen LogP contribution in [0.4, 0.5) is 0 Å². The number of phenolic OH excluding ortho intramolecular Hbond substituents is 1. The van der Waals surface area contributed by atoms with Gasteiger partial charge in [0.15, 0.2) is 0 Å². The van der Waals surface area contributed by atoms with Crippen molar-refractivity contribution in [3.8, 4) is 5.75 Å². The van der Waals surface area contributed by atoms with Gasteiger partial charge in [0.05, 0.1) is 11.1 Å². The van der Waals surface area contributed by atoms with Crippen LogP contribution in [0.1, 0.15) is 22.8 Å². The standard InChI is InChI=1S/C11H16ClNO2/c1-6-4-8(12)11(15)10(7(6)2)9(14)5-13-3/h4,9,13-15H,5H2,1-3H3. The van der Waals surface area contributed by atoms with Crippen molar-refractivity contribution in [2.75, 3.05) is 13.6 Å². The predicted molar refractivity (Wildman–Crippen MR) is 61.5 cm³/mol. The van der Waals surface area contributed by atoms with Crippen molar-refractivity contribution in [2.24, 2.45) is 0 Å². The van der Waals surface area contributed by atoms with Gasteiger partial charge in [-0.05, 0) is 38.1 Å². The molecule has 0 aromatic heterocycles. The van der Waals surface area contributed by atoms with Crippen molar-refractivity contribution < 1.29 is 10.2 Å². The van der Waals surface area contributed by atoms with E-state index in [0.29, 0.717) is 12.1 Å². The molecule has 0 fully saturated rings. The number of phenols is 1. The molecule has 1 aromatic rings. The highest BCUT2D eigenvalue weighted by molar-refractivity contribution is 6.32. The van der Waals surface area contributed by atoms with Crippen molar-refractivity contribution in [1.29, 1.82) is 0 Å². The summed E-state index contributed by atoms with van der Waals surface area (Å²) in [5, 5.41) is 22.8. The van der Waals surface area contributed by atoms with Gasteiger partial charge >= 0.3 is 0 Å². The van der Waals surface area contributed by atoms with Crippen LogP contribution in [0.2, 0.25) is 5.02 Å². The summed E-state index contributed by atoms with van der Waals surface area (Å²) >= 11 is 5.85. The molecule has 0 amide bonds. The largest absolute Gasteiger partial charge is 0.506 e. The molecule has 4 heteroatoms. The fourth-order valence-corrected chi connectivity index (χ4v) is 1.85. The molecule has 0 radical (unpaired) electrons. The lowest BCUT2D eigenvalue weighted by atomic mass is 9.98. The van der Waals surface area contributed by atoms with Crippen molar-refractivity contribution in [2.45, 2.75) is 20.0 Å². The second kappa shape index (κ2) is 4.84. The Kier molecular flexibility index (Phi) is 3.97. The smallest absolute Gasteiger partial charge is 0.140 e. The number of aliphatic hydroxyl groups excluding tert-OH is 1. The SMILES string of the molecule is CNCC(O)c1c(C)c(C)cc(Cl)c1O. The molecule has 0 spiro atoms. The third-order valence-corrected chi connectivity index (χ3v) is 2.84. The van der Waals surface area contributed by atoms with E-state index < -0.39 is 6.10 Å². The first-order valence-corrected chi connectivity index (χ1v) is 5.18. The zero-order valence-corrected chi connectivity index (χ0v) is 9.89. The summed E-state index contributed by atoms with van der Waals surface area (Å²) in [7, 11) is 1.74. The Balaban J connectivity index is 3.26. The van der Waals surface area contributed by atoms with Crippen molar-refractivity contribution in [3.63, 3.8) is 0 Å². The van der Waals surface area contributed by atoms with Crippen LogP contribution in [0.15, 0.2) is 6.07 Å². The summed E-state index contributed by atoms with van der Waals surface area (Å²) in [5.74, 6) is -0.0254. The van der Waals surface area contributed by atoms with Gasteiger partial charge in [-0.3, -0.25) is 0 Å². The molecule has 0 aliphatic carbocycles. The van der Waals surface area contributed by atoms with Gasteiger partial charge in [0, 0.05) is 12.1 Å². The first-order chi connectivity index (χ1) is 6.99. The van der Waals surface area contributed by atoms with Crippen LogP contribution in [0.3, 0.4) is 0 Å². The highest BCUT2D eigenvalue weighted by Gasteiger charge is 2.18. The van der Waals surface area contributed by atoms with Gasteiger partial charge < -0.3 is 15.5 Å². The summed E-state index contributed by atoms with van der Waals surface area (Å²) in [6.07, 6.45) is -0.743. The normalized spacial score (nSPS) is 12.9. The minimum atomic E-state index is -0.743. The molecule has 15 heavy (non-hydrogen) atoms. The fraction of sp³-hybridized carbons (Fsp3) is 0.455. The number of aromatic hydroxyl groups is 1. The minimum absolute atomic E-state index is 0.0254.